The molecular formula is C12H19N3O2S. The van der Waals surface area contributed by atoms with Gasteiger partial charge >= 0.3 is 0 Å². The number of aromatic nitrogens is 2. The van der Waals surface area contributed by atoms with Crippen LogP contribution in [0.1, 0.15) is 50.5 Å². The van der Waals surface area contributed by atoms with Crippen molar-refractivity contribution >= 4 is 17.2 Å². The van der Waals surface area contributed by atoms with E-state index in [0.717, 1.165) is 30.7 Å². The molecule has 1 fully saturated rings. The number of rotatable bonds is 3. The van der Waals surface area contributed by atoms with Gasteiger partial charge in [0.2, 0.25) is 0 Å². The van der Waals surface area contributed by atoms with Crippen LogP contribution in [-0.4, -0.2) is 32.9 Å². The Morgan fingerprint density at radius 2 is 2.11 bits per heavy atom. The summed E-state index contributed by atoms with van der Waals surface area (Å²) in [6.07, 6.45) is 3.91. The van der Waals surface area contributed by atoms with Crippen LogP contribution in [0.3, 0.4) is 0 Å². The van der Waals surface area contributed by atoms with Crippen molar-refractivity contribution in [2.45, 2.75) is 57.1 Å². The molecule has 0 radical (unpaired) electrons. The molecule has 1 amide bonds. The van der Waals surface area contributed by atoms with E-state index >= 15 is 0 Å². The zero-order valence-electron chi connectivity index (χ0n) is 10.7. The number of hydrogen-bond acceptors (Lipinski definition) is 5. The summed E-state index contributed by atoms with van der Waals surface area (Å²) in [5.41, 5.74) is 0.466. The molecule has 100 valence electrons. The molecular weight excluding hydrogens is 250 g/mol. The monoisotopic (exact) mass is 269 g/mol. The Labute approximate surface area is 111 Å². The summed E-state index contributed by atoms with van der Waals surface area (Å²) >= 11 is 1.60. The van der Waals surface area contributed by atoms with Crippen molar-refractivity contribution in [2.75, 3.05) is 0 Å². The topological polar surface area (TPSA) is 75.1 Å². The summed E-state index contributed by atoms with van der Waals surface area (Å²) in [7, 11) is 0. The van der Waals surface area contributed by atoms with E-state index in [-0.39, 0.29) is 11.9 Å². The first-order valence-electron chi connectivity index (χ1n) is 6.26. The van der Waals surface area contributed by atoms with Crippen LogP contribution < -0.4 is 5.32 Å². The highest BCUT2D eigenvalue weighted by Gasteiger charge is 2.29. The summed E-state index contributed by atoms with van der Waals surface area (Å²) in [5, 5.41) is 21.6. The molecule has 5 nitrogen and oxygen atoms in total. The maximum absolute atomic E-state index is 11.7. The summed E-state index contributed by atoms with van der Waals surface area (Å²) in [6, 6.07) is 0.174. The molecule has 0 unspecified atom stereocenters. The predicted molar refractivity (Wildman–Crippen MR) is 69.3 cm³/mol. The van der Waals surface area contributed by atoms with Crippen LogP contribution in [0.2, 0.25) is 0 Å². The molecule has 1 saturated carbocycles. The van der Waals surface area contributed by atoms with Gasteiger partial charge in [0.25, 0.3) is 5.91 Å². The lowest BCUT2D eigenvalue weighted by Crippen LogP contribution is -2.47. The molecule has 6 heteroatoms. The molecule has 0 saturated heterocycles. The van der Waals surface area contributed by atoms with Crippen molar-refractivity contribution in [3.8, 4) is 0 Å². The van der Waals surface area contributed by atoms with Crippen molar-refractivity contribution in [2.24, 2.45) is 0 Å². The van der Waals surface area contributed by atoms with Gasteiger partial charge in [0.05, 0.1) is 0 Å². The van der Waals surface area contributed by atoms with Crippen molar-refractivity contribution in [3.05, 3.63) is 10.5 Å². The number of carbonyl (C=O) groups is 1. The van der Waals surface area contributed by atoms with Crippen molar-refractivity contribution in [1.82, 2.24) is 15.5 Å². The molecule has 2 N–H and O–H groups in total. The summed E-state index contributed by atoms with van der Waals surface area (Å²) < 4.78 is 0. The second kappa shape index (κ2) is 5.32. The Morgan fingerprint density at radius 3 is 2.61 bits per heavy atom. The number of nitrogens with one attached hydrogen (secondary N) is 1. The van der Waals surface area contributed by atoms with Crippen molar-refractivity contribution < 1.29 is 9.90 Å². The minimum Gasteiger partial charge on any atom is -0.381 e. The van der Waals surface area contributed by atoms with Gasteiger partial charge in [-0.1, -0.05) is 0 Å². The second-order valence-corrected chi connectivity index (χ2v) is 6.22. The minimum absolute atomic E-state index is 0.174. The molecule has 0 aliphatic heterocycles. The van der Waals surface area contributed by atoms with Gasteiger partial charge in [0.15, 0.2) is 0 Å². The van der Waals surface area contributed by atoms with Crippen LogP contribution in [-0.2, 0) is 4.79 Å². The zero-order valence-corrected chi connectivity index (χ0v) is 11.5. The molecule has 1 aliphatic carbocycles. The number of hydrogen-bond donors (Lipinski definition) is 2. The molecule has 1 aromatic rings. The van der Waals surface area contributed by atoms with Gasteiger partial charge in [-0.15, -0.1) is 21.5 Å². The maximum Gasteiger partial charge on any atom is 0.251 e. The van der Waals surface area contributed by atoms with Crippen LogP contribution in [0.4, 0.5) is 0 Å². The highest BCUT2D eigenvalue weighted by molar-refractivity contribution is 7.09. The average Bonchev–Trinajstić information content (AvgIpc) is 2.82. The average molecular weight is 269 g/mol. The molecule has 2 rings (SSSR count). The first-order valence-corrected chi connectivity index (χ1v) is 7.14. The fourth-order valence-corrected chi connectivity index (χ4v) is 2.93. The third-order valence-corrected chi connectivity index (χ3v) is 4.20. The third kappa shape index (κ3) is 3.26. The fourth-order valence-electron chi connectivity index (χ4n) is 2.21. The van der Waals surface area contributed by atoms with Gasteiger partial charge in [-0.05, 0) is 39.5 Å². The van der Waals surface area contributed by atoms with Gasteiger partial charge in [-0.2, -0.15) is 0 Å². The molecule has 0 atom stereocenters. The smallest absolute Gasteiger partial charge is 0.251 e. The molecule has 1 aromatic heterocycles. The first-order chi connectivity index (χ1) is 8.47. The van der Waals surface area contributed by atoms with E-state index in [9.17, 15) is 9.90 Å². The van der Waals surface area contributed by atoms with Gasteiger partial charge in [-0.3, -0.25) is 4.79 Å². The molecule has 1 heterocycles. The van der Waals surface area contributed by atoms with Crippen molar-refractivity contribution in [1.29, 1.82) is 0 Å². The quantitative estimate of drug-likeness (QED) is 0.871. The van der Waals surface area contributed by atoms with E-state index in [1.54, 1.807) is 16.8 Å². The highest BCUT2D eigenvalue weighted by atomic mass is 32.1. The first kappa shape index (κ1) is 13.4. The lowest BCUT2D eigenvalue weighted by atomic mass is 9.86. The second-order valence-electron chi connectivity index (χ2n) is 5.36. The minimum atomic E-state index is -1.30. The van der Waals surface area contributed by atoms with E-state index in [4.69, 9.17) is 0 Å². The van der Waals surface area contributed by atoms with Gasteiger partial charge in [0.1, 0.15) is 16.1 Å². The summed E-state index contributed by atoms with van der Waals surface area (Å²) in [5.74, 6) is 0.189. The number of carbonyl (C=O) groups excluding carboxylic acids is 1. The van der Waals surface area contributed by atoms with Gasteiger partial charge in [0, 0.05) is 12.0 Å². The number of aliphatic hydroxyl groups is 1. The van der Waals surface area contributed by atoms with Crippen LogP contribution >= 0.6 is 11.3 Å². The SMILES string of the molecule is CC(C)(O)C(=O)N[C@H]1CC[C@@H](c2nncs2)CC1. The molecule has 1 aliphatic rings. The fraction of sp³-hybridized carbons (Fsp3) is 0.750. The normalized spacial score (nSPS) is 24.8. The lowest BCUT2D eigenvalue weighted by Gasteiger charge is -2.29. The Kier molecular flexibility index (Phi) is 3.97. The number of amides is 1. The van der Waals surface area contributed by atoms with E-state index in [0.29, 0.717) is 5.92 Å². The van der Waals surface area contributed by atoms with Gasteiger partial charge < -0.3 is 10.4 Å². The van der Waals surface area contributed by atoms with Gasteiger partial charge in [-0.25, -0.2) is 0 Å². The number of nitrogens with zero attached hydrogens (tertiary/aromatic N) is 2. The maximum atomic E-state index is 11.7. The summed E-state index contributed by atoms with van der Waals surface area (Å²) in [6.45, 7) is 3.02. The zero-order chi connectivity index (χ0) is 13.2. The molecule has 18 heavy (non-hydrogen) atoms. The van der Waals surface area contributed by atoms with E-state index in [1.165, 1.54) is 13.8 Å². The Hall–Kier alpha value is -1.01. The Balaban J connectivity index is 1.82. The van der Waals surface area contributed by atoms with Crippen LogP contribution in [0.25, 0.3) is 0 Å². The highest BCUT2D eigenvalue weighted by Crippen LogP contribution is 2.33. The Bertz CT molecular complexity index is 392. The predicted octanol–water partition coefficient (Wildman–Crippen LogP) is 1.45. The molecule has 0 spiro atoms. The van der Waals surface area contributed by atoms with E-state index in [1.807, 2.05) is 0 Å². The van der Waals surface area contributed by atoms with Crippen molar-refractivity contribution in [3.63, 3.8) is 0 Å². The van der Waals surface area contributed by atoms with Crippen LogP contribution in [0, 0.1) is 0 Å². The largest absolute Gasteiger partial charge is 0.381 e. The molecule has 0 bridgehead atoms. The standard InChI is InChI=1S/C12H19N3O2S/c1-12(2,17)11(16)14-9-5-3-8(4-6-9)10-15-13-7-18-10/h7-9,17H,3-6H2,1-2H3,(H,14,16)/t8-,9+. The van der Waals surface area contributed by atoms with E-state index in [2.05, 4.69) is 15.5 Å². The summed E-state index contributed by atoms with van der Waals surface area (Å²) in [4.78, 5) is 11.7. The van der Waals surface area contributed by atoms with Crippen LogP contribution in [0.15, 0.2) is 5.51 Å². The van der Waals surface area contributed by atoms with Crippen LogP contribution in [0.5, 0.6) is 0 Å². The lowest BCUT2D eigenvalue weighted by molar-refractivity contribution is -0.137. The Morgan fingerprint density at radius 1 is 1.44 bits per heavy atom. The third-order valence-electron chi connectivity index (χ3n) is 3.34. The molecule has 0 aromatic carbocycles. The van der Waals surface area contributed by atoms with E-state index < -0.39 is 5.60 Å².